The number of hydrogen-bond donors (Lipinski definition) is 1. The number of benzene rings is 1. The minimum absolute atomic E-state index is 0.231. The van der Waals surface area contributed by atoms with Crippen LogP contribution in [0.3, 0.4) is 0 Å². The van der Waals surface area contributed by atoms with Gasteiger partial charge in [0.05, 0.1) is 6.04 Å². The fourth-order valence-corrected chi connectivity index (χ4v) is 3.15. The van der Waals surface area contributed by atoms with E-state index in [9.17, 15) is 0 Å². The summed E-state index contributed by atoms with van der Waals surface area (Å²) in [6, 6.07) is 9.34. The van der Waals surface area contributed by atoms with E-state index < -0.39 is 0 Å². The molecular weight excluding hydrogens is 232 g/mol. The first kappa shape index (κ1) is 14.5. The molecule has 2 rings (SSSR count). The molecule has 0 radical (unpaired) electrons. The van der Waals surface area contributed by atoms with Gasteiger partial charge in [-0.25, -0.2) is 0 Å². The van der Waals surface area contributed by atoms with E-state index in [0.717, 1.165) is 12.3 Å². The van der Waals surface area contributed by atoms with Crippen molar-refractivity contribution >= 4 is 0 Å². The summed E-state index contributed by atoms with van der Waals surface area (Å²) in [6.45, 7) is 9.14. The Morgan fingerprint density at radius 1 is 1.26 bits per heavy atom. The van der Waals surface area contributed by atoms with Gasteiger partial charge in [-0.05, 0) is 56.3 Å². The van der Waals surface area contributed by atoms with Crippen molar-refractivity contribution in [3.63, 3.8) is 0 Å². The summed E-state index contributed by atoms with van der Waals surface area (Å²) in [7, 11) is 0. The molecule has 0 aromatic heterocycles. The molecule has 1 aliphatic rings. The van der Waals surface area contributed by atoms with Gasteiger partial charge in [0.2, 0.25) is 0 Å². The maximum absolute atomic E-state index is 6.44. The average molecular weight is 260 g/mol. The lowest BCUT2D eigenvalue weighted by molar-refractivity contribution is 0.118. The van der Waals surface area contributed by atoms with Gasteiger partial charge in [0, 0.05) is 6.04 Å². The molecule has 1 heterocycles. The Morgan fingerprint density at radius 3 is 2.47 bits per heavy atom. The Morgan fingerprint density at radius 2 is 1.89 bits per heavy atom. The van der Waals surface area contributed by atoms with Crippen molar-refractivity contribution in [3.05, 3.63) is 35.4 Å². The minimum Gasteiger partial charge on any atom is -0.326 e. The van der Waals surface area contributed by atoms with E-state index in [1.165, 1.54) is 37.1 Å². The van der Waals surface area contributed by atoms with Crippen LogP contribution < -0.4 is 5.73 Å². The van der Waals surface area contributed by atoms with E-state index in [1.54, 1.807) is 0 Å². The zero-order valence-corrected chi connectivity index (χ0v) is 12.6. The van der Waals surface area contributed by atoms with Crippen LogP contribution in [-0.2, 0) is 0 Å². The van der Waals surface area contributed by atoms with Gasteiger partial charge < -0.3 is 5.73 Å². The van der Waals surface area contributed by atoms with Gasteiger partial charge in [0.15, 0.2) is 0 Å². The van der Waals surface area contributed by atoms with Crippen LogP contribution in [0.2, 0.25) is 0 Å². The Balaban J connectivity index is 2.24. The number of nitrogens with two attached hydrogens (primary N) is 1. The summed E-state index contributed by atoms with van der Waals surface area (Å²) in [4.78, 5) is 2.61. The van der Waals surface area contributed by atoms with Crippen molar-refractivity contribution in [1.82, 2.24) is 4.90 Å². The molecule has 0 spiro atoms. The highest BCUT2D eigenvalue weighted by atomic mass is 15.2. The van der Waals surface area contributed by atoms with Crippen molar-refractivity contribution in [2.45, 2.75) is 52.1 Å². The van der Waals surface area contributed by atoms with E-state index in [1.807, 2.05) is 0 Å². The minimum atomic E-state index is 0.231. The van der Waals surface area contributed by atoms with Crippen LogP contribution >= 0.6 is 0 Å². The smallest absolute Gasteiger partial charge is 0.0501 e. The zero-order valence-electron chi connectivity index (χ0n) is 12.6. The van der Waals surface area contributed by atoms with Crippen LogP contribution in [0.1, 0.15) is 50.3 Å². The Labute approximate surface area is 118 Å². The highest BCUT2D eigenvalue weighted by Gasteiger charge is 2.29. The molecule has 0 saturated carbocycles. The Hall–Kier alpha value is -0.860. The van der Waals surface area contributed by atoms with E-state index >= 15 is 0 Å². The van der Waals surface area contributed by atoms with E-state index in [0.29, 0.717) is 6.04 Å². The number of likely N-dealkylation sites (tertiary alicyclic amines) is 1. The topological polar surface area (TPSA) is 29.3 Å². The first-order valence-corrected chi connectivity index (χ1v) is 7.68. The zero-order chi connectivity index (χ0) is 13.8. The summed E-state index contributed by atoms with van der Waals surface area (Å²) in [5.74, 6) is 0.867. The van der Waals surface area contributed by atoms with Crippen LogP contribution in [0.4, 0.5) is 0 Å². The van der Waals surface area contributed by atoms with Gasteiger partial charge in [0.25, 0.3) is 0 Å². The van der Waals surface area contributed by atoms with Crippen LogP contribution in [0.15, 0.2) is 24.3 Å². The number of hydrogen-bond acceptors (Lipinski definition) is 2. The van der Waals surface area contributed by atoms with Crippen LogP contribution in [-0.4, -0.2) is 24.0 Å². The predicted octanol–water partition coefficient (Wildman–Crippen LogP) is 3.51. The number of rotatable bonds is 4. The van der Waals surface area contributed by atoms with E-state index in [2.05, 4.69) is 49.9 Å². The molecule has 19 heavy (non-hydrogen) atoms. The molecule has 1 fully saturated rings. The molecule has 106 valence electrons. The summed E-state index contributed by atoms with van der Waals surface area (Å²) in [6.07, 6.45) is 3.64. The number of piperidine rings is 1. The van der Waals surface area contributed by atoms with Gasteiger partial charge in [0.1, 0.15) is 0 Å². The monoisotopic (exact) mass is 260 g/mol. The maximum atomic E-state index is 6.44. The predicted molar refractivity (Wildman–Crippen MR) is 82.2 cm³/mol. The molecule has 1 aliphatic heterocycles. The molecule has 2 nitrogen and oxygen atoms in total. The SMILES string of the molecule is CCC(N)C(c1ccccc1C)N1CCC(C)CC1. The molecule has 0 amide bonds. The molecule has 2 N–H and O–H groups in total. The van der Waals surface area contributed by atoms with E-state index in [-0.39, 0.29) is 6.04 Å². The fourth-order valence-electron chi connectivity index (χ4n) is 3.15. The lowest BCUT2D eigenvalue weighted by Gasteiger charge is -2.40. The Kier molecular flexibility index (Phi) is 5.00. The van der Waals surface area contributed by atoms with Crippen LogP contribution in [0.25, 0.3) is 0 Å². The van der Waals surface area contributed by atoms with Gasteiger partial charge in [-0.15, -0.1) is 0 Å². The van der Waals surface area contributed by atoms with Gasteiger partial charge in [-0.3, -0.25) is 4.90 Å². The highest BCUT2D eigenvalue weighted by molar-refractivity contribution is 5.30. The Bertz CT molecular complexity index is 394. The summed E-state index contributed by atoms with van der Waals surface area (Å²) >= 11 is 0. The summed E-state index contributed by atoms with van der Waals surface area (Å²) in [5, 5.41) is 0. The van der Waals surface area contributed by atoms with Crippen molar-refractivity contribution in [2.24, 2.45) is 11.7 Å². The third kappa shape index (κ3) is 3.37. The molecule has 0 bridgehead atoms. The molecule has 1 aromatic carbocycles. The molecule has 0 aliphatic carbocycles. The van der Waals surface area contributed by atoms with Gasteiger partial charge >= 0.3 is 0 Å². The third-order valence-corrected chi connectivity index (χ3v) is 4.60. The highest BCUT2D eigenvalue weighted by Crippen LogP contribution is 2.31. The van der Waals surface area contributed by atoms with Crippen LogP contribution in [0.5, 0.6) is 0 Å². The molecule has 2 atom stereocenters. The second kappa shape index (κ2) is 6.53. The maximum Gasteiger partial charge on any atom is 0.0501 e. The van der Waals surface area contributed by atoms with Gasteiger partial charge in [-0.2, -0.15) is 0 Å². The van der Waals surface area contributed by atoms with E-state index in [4.69, 9.17) is 5.73 Å². The quantitative estimate of drug-likeness (QED) is 0.897. The van der Waals surface area contributed by atoms with Crippen molar-refractivity contribution < 1.29 is 0 Å². The average Bonchev–Trinajstić information content (AvgIpc) is 2.43. The first-order valence-electron chi connectivity index (χ1n) is 7.68. The number of aryl methyl sites for hydroxylation is 1. The molecule has 2 heteroatoms. The van der Waals surface area contributed by atoms with Crippen molar-refractivity contribution in [2.75, 3.05) is 13.1 Å². The van der Waals surface area contributed by atoms with Crippen LogP contribution in [0, 0.1) is 12.8 Å². The molecular formula is C17H28N2. The summed E-state index contributed by atoms with van der Waals surface area (Å²) in [5.41, 5.74) is 9.23. The third-order valence-electron chi connectivity index (χ3n) is 4.60. The second-order valence-corrected chi connectivity index (χ2v) is 6.09. The second-order valence-electron chi connectivity index (χ2n) is 6.09. The lowest BCUT2D eigenvalue weighted by atomic mass is 9.89. The standard InChI is InChI=1S/C17H28N2/c1-4-16(18)17(15-8-6-5-7-14(15)3)19-11-9-13(2)10-12-19/h5-8,13,16-17H,4,9-12,18H2,1-3H3. The summed E-state index contributed by atoms with van der Waals surface area (Å²) < 4.78 is 0. The largest absolute Gasteiger partial charge is 0.326 e. The first-order chi connectivity index (χ1) is 9.13. The number of nitrogens with zero attached hydrogens (tertiary/aromatic N) is 1. The molecule has 2 unspecified atom stereocenters. The van der Waals surface area contributed by atoms with Crippen molar-refractivity contribution in [3.8, 4) is 0 Å². The van der Waals surface area contributed by atoms with Crippen molar-refractivity contribution in [1.29, 1.82) is 0 Å². The van der Waals surface area contributed by atoms with Gasteiger partial charge in [-0.1, -0.05) is 38.1 Å². The fraction of sp³-hybridized carbons (Fsp3) is 0.647. The molecule has 1 saturated heterocycles. The lowest BCUT2D eigenvalue weighted by Crippen LogP contribution is -2.44. The normalized spacial score (nSPS) is 21.3. The molecule has 1 aromatic rings.